The van der Waals surface area contributed by atoms with Crippen molar-refractivity contribution in [1.29, 1.82) is 0 Å². The Bertz CT molecular complexity index is 954. The molecule has 8 heteroatoms. The van der Waals surface area contributed by atoms with Gasteiger partial charge in [-0.25, -0.2) is 0 Å². The molecule has 1 unspecified atom stereocenters. The van der Waals surface area contributed by atoms with Crippen molar-refractivity contribution in [2.75, 3.05) is 25.5 Å². The van der Waals surface area contributed by atoms with Crippen LogP contribution < -0.4 is 15.4 Å². The molecule has 32 heavy (non-hydrogen) atoms. The zero-order valence-electron chi connectivity index (χ0n) is 18.7. The number of hydrogen-bond acceptors (Lipinski definition) is 5. The number of carbonyl (C=O) groups excluding carboxylic acids is 2. The predicted molar refractivity (Wildman–Crippen MR) is 124 cm³/mol. The van der Waals surface area contributed by atoms with Gasteiger partial charge in [0.2, 0.25) is 11.8 Å². The van der Waals surface area contributed by atoms with Crippen LogP contribution >= 0.6 is 15.9 Å². The van der Waals surface area contributed by atoms with Gasteiger partial charge >= 0.3 is 0 Å². The largest absolute Gasteiger partial charge is 0.504 e. The maximum atomic E-state index is 11.9. The number of halogens is 1. The fourth-order valence-electron chi connectivity index (χ4n) is 7.08. The second-order valence-corrected chi connectivity index (χ2v) is 10.5. The number of aryl methyl sites for hydroxylation is 1. The van der Waals surface area contributed by atoms with Crippen molar-refractivity contribution in [3.05, 3.63) is 22.8 Å². The van der Waals surface area contributed by atoms with Crippen LogP contribution in [0.1, 0.15) is 49.3 Å². The Labute approximate surface area is 197 Å². The number of carbonyl (C=O) groups is 2. The number of alkyl halides is 1. The third-order valence-electron chi connectivity index (χ3n) is 8.27. The van der Waals surface area contributed by atoms with Gasteiger partial charge in [-0.05, 0) is 75.2 Å². The first kappa shape index (κ1) is 22.0. The van der Waals surface area contributed by atoms with Crippen LogP contribution in [-0.4, -0.2) is 65.5 Å². The summed E-state index contributed by atoms with van der Waals surface area (Å²) >= 11 is 3.18. The molecule has 2 heterocycles. The number of amides is 2. The number of likely N-dealkylation sites (tertiary alicyclic amines) is 1. The molecule has 1 saturated carbocycles. The van der Waals surface area contributed by atoms with Crippen molar-refractivity contribution in [3.63, 3.8) is 0 Å². The summed E-state index contributed by atoms with van der Waals surface area (Å²) in [5.74, 6) is 1.29. The Morgan fingerprint density at radius 1 is 1.38 bits per heavy atom. The minimum atomic E-state index is -0.150. The molecule has 7 nitrogen and oxygen atoms in total. The summed E-state index contributed by atoms with van der Waals surface area (Å²) in [5, 5.41) is 17.4. The second-order valence-electron chi connectivity index (χ2n) is 9.90. The maximum absolute atomic E-state index is 11.9. The molecule has 1 aromatic carbocycles. The highest BCUT2D eigenvalue weighted by Gasteiger charge is 2.65. The van der Waals surface area contributed by atoms with E-state index < -0.39 is 0 Å². The topological polar surface area (TPSA) is 90.9 Å². The van der Waals surface area contributed by atoms with Gasteiger partial charge in [-0.3, -0.25) is 9.59 Å². The standard InChI is InChI=1S/C24H32BrN3O4/c1-13(29)27-17-6-5-16-18-11-15-14(4-3-8-26-20(31)12-25)10-19(30)22-21(15)24(16,23(17)32-22)7-9-28(18)2/h10,16-18,23,30H,3-9,11-12H2,1-2H3,(H,26,31)(H,27,29)/t16?,17-,18+,23-,24-/m0/s1. The van der Waals surface area contributed by atoms with Crippen LogP contribution in [0.15, 0.2) is 6.07 Å². The van der Waals surface area contributed by atoms with Gasteiger partial charge in [0, 0.05) is 30.5 Å². The molecule has 1 aromatic rings. The van der Waals surface area contributed by atoms with Gasteiger partial charge < -0.3 is 25.4 Å². The Kier molecular flexibility index (Phi) is 5.64. The number of hydrogen-bond donors (Lipinski definition) is 3. The summed E-state index contributed by atoms with van der Waals surface area (Å²) in [5.41, 5.74) is 3.55. The molecule has 174 valence electrons. The Morgan fingerprint density at radius 3 is 2.94 bits per heavy atom. The summed E-state index contributed by atoms with van der Waals surface area (Å²) in [6.07, 6.45) is 5.41. The number of ether oxygens (including phenoxy) is 1. The number of nitrogens with zero attached hydrogens (tertiary/aromatic N) is 1. The number of benzene rings is 1. The minimum Gasteiger partial charge on any atom is -0.504 e. The lowest BCUT2D eigenvalue weighted by Crippen LogP contribution is -2.68. The summed E-state index contributed by atoms with van der Waals surface area (Å²) in [6, 6.07) is 2.29. The summed E-state index contributed by atoms with van der Waals surface area (Å²) < 4.78 is 6.54. The van der Waals surface area contributed by atoms with E-state index in [9.17, 15) is 14.7 Å². The fraction of sp³-hybridized carbons (Fsp3) is 0.667. The molecule has 2 fully saturated rings. The van der Waals surface area contributed by atoms with Gasteiger partial charge in [-0.2, -0.15) is 0 Å². The number of rotatable bonds is 6. The van der Waals surface area contributed by atoms with Crippen LogP contribution in [0.25, 0.3) is 0 Å². The van der Waals surface area contributed by atoms with E-state index >= 15 is 0 Å². The third kappa shape index (κ3) is 3.24. The van der Waals surface area contributed by atoms with E-state index in [0.717, 1.165) is 45.1 Å². The highest BCUT2D eigenvalue weighted by atomic mass is 79.9. The van der Waals surface area contributed by atoms with Crippen LogP contribution in [0.4, 0.5) is 0 Å². The van der Waals surface area contributed by atoms with Gasteiger partial charge in [-0.1, -0.05) is 15.9 Å². The van der Waals surface area contributed by atoms with E-state index in [0.29, 0.717) is 29.6 Å². The number of likely N-dealkylation sites (N-methyl/N-ethyl adjacent to an activating group) is 1. The first-order valence-electron chi connectivity index (χ1n) is 11.7. The molecular weight excluding hydrogens is 474 g/mol. The zero-order valence-corrected chi connectivity index (χ0v) is 20.3. The molecule has 2 aliphatic heterocycles. The molecule has 5 rings (SSSR count). The van der Waals surface area contributed by atoms with Crippen LogP contribution in [0, 0.1) is 5.92 Å². The van der Waals surface area contributed by atoms with Crippen LogP contribution in [-0.2, 0) is 27.8 Å². The number of phenols is 1. The predicted octanol–water partition coefficient (Wildman–Crippen LogP) is 2.01. The molecule has 2 aliphatic carbocycles. The van der Waals surface area contributed by atoms with E-state index in [1.54, 1.807) is 6.92 Å². The lowest BCUT2D eigenvalue weighted by Gasteiger charge is -2.59. The first-order chi connectivity index (χ1) is 15.4. The second kappa shape index (κ2) is 8.20. The van der Waals surface area contributed by atoms with Crippen LogP contribution in [0.5, 0.6) is 11.5 Å². The molecule has 0 aromatic heterocycles. The molecule has 0 radical (unpaired) electrons. The summed E-state index contributed by atoms with van der Waals surface area (Å²) in [4.78, 5) is 26.0. The van der Waals surface area contributed by atoms with Crippen molar-refractivity contribution < 1.29 is 19.4 Å². The minimum absolute atomic E-state index is 0.0107. The average Bonchev–Trinajstić information content (AvgIpc) is 3.11. The lowest BCUT2D eigenvalue weighted by atomic mass is 9.50. The molecule has 1 saturated heterocycles. The monoisotopic (exact) mass is 505 g/mol. The Morgan fingerprint density at radius 2 is 2.19 bits per heavy atom. The number of piperidine rings is 1. The average molecular weight is 506 g/mol. The van der Waals surface area contributed by atoms with Crippen LogP contribution in [0.3, 0.4) is 0 Å². The molecule has 1 spiro atoms. The van der Waals surface area contributed by atoms with Gasteiger partial charge in [0.15, 0.2) is 11.5 Å². The normalized spacial score (nSPS) is 32.1. The Hall–Kier alpha value is -1.80. The molecule has 2 bridgehead atoms. The summed E-state index contributed by atoms with van der Waals surface area (Å²) in [6.45, 7) is 3.18. The zero-order chi connectivity index (χ0) is 22.6. The highest BCUT2D eigenvalue weighted by Crippen LogP contribution is 2.64. The first-order valence-corrected chi connectivity index (χ1v) is 12.8. The van der Waals surface area contributed by atoms with E-state index in [1.165, 1.54) is 16.7 Å². The smallest absolute Gasteiger partial charge is 0.230 e. The van der Waals surface area contributed by atoms with E-state index in [4.69, 9.17) is 4.74 Å². The molecular formula is C24H32BrN3O4. The molecule has 4 aliphatic rings. The van der Waals surface area contributed by atoms with Crippen molar-refractivity contribution in [1.82, 2.24) is 15.5 Å². The third-order valence-corrected chi connectivity index (χ3v) is 8.78. The SMILES string of the molecule is CC(=O)N[C@H]1CCC2[C@H]3Cc4c(CCCNC(=O)CBr)cc(O)c5c4[C@@]2(CCN3C)[C@H]1O5. The van der Waals surface area contributed by atoms with Gasteiger partial charge in [0.05, 0.1) is 11.4 Å². The van der Waals surface area contributed by atoms with E-state index in [2.05, 4.69) is 38.5 Å². The van der Waals surface area contributed by atoms with Crippen molar-refractivity contribution in [2.45, 2.75) is 69.1 Å². The van der Waals surface area contributed by atoms with Gasteiger partial charge in [0.25, 0.3) is 0 Å². The van der Waals surface area contributed by atoms with Gasteiger partial charge in [0.1, 0.15) is 6.10 Å². The van der Waals surface area contributed by atoms with E-state index in [1.807, 2.05) is 6.07 Å². The van der Waals surface area contributed by atoms with E-state index in [-0.39, 0.29) is 35.1 Å². The molecule has 3 N–H and O–H groups in total. The Balaban J connectivity index is 1.53. The number of nitrogens with one attached hydrogen (secondary N) is 2. The fourth-order valence-corrected chi connectivity index (χ4v) is 7.28. The van der Waals surface area contributed by atoms with Crippen molar-refractivity contribution in [3.8, 4) is 11.5 Å². The van der Waals surface area contributed by atoms with Crippen LogP contribution in [0.2, 0.25) is 0 Å². The number of phenolic OH excluding ortho intramolecular Hbond substituents is 1. The maximum Gasteiger partial charge on any atom is 0.230 e. The van der Waals surface area contributed by atoms with Crippen molar-refractivity contribution >= 4 is 27.7 Å². The lowest BCUT2D eigenvalue weighted by molar-refractivity contribution is -0.122. The molecule has 5 atom stereocenters. The number of aromatic hydroxyl groups is 1. The summed E-state index contributed by atoms with van der Waals surface area (Å²) in [7, 11) is 2.23. The van der Waals surface area contributed by atoms with Gasteiger partial charge in [-0.15, -0.1) is 0 Å². The van der Waals surface area contributed by atoms with Crippen molar-refractivity contribution in [2.24, 2.45) is 5.92 Å². The quantitative estimate of drug-likeness (QED) is 0.406. The molecule has 2 amide bonds. The highest BCUT2D eigenvalue weighted by molar-refractivity contribution is 9.09.